The van der Waals surface area contributed by atoms with Gasteiger partial charge in [0, 0.05) is 7.11 Å². The van der Waals surface area contributed by atoms with Gasteiger partial charge in [-0.15, -0.1) is 0 Å². The van der Waals surface area contributed by atoms with Crippen LogP contribution < -0.4 is 0 Å². The van der Waals surface area contributed by atoms with E-state index in [4.69, 9.17) is 4.74 Å². The molecule has 0 bridgehead atoms. The van der Waals surface area contributed by atoms with Crippen LogP contribution in [-0.2, 0) is 4.74 Å². The van der Waals surface area contributed by atoms with E-state index in [1.54, 1.807) is 7.11 Å². The third kappa shape index (κ3) is 9.23. The fourth-order valence-electron chi connectivity index (χ4n) is 1.61. The molecule has 18 heavy (non-hydrogen) atoms. The first-order valence-corrected chi connectivity index (χ1v) is 6.90. The maximum Gasteiger partial charge on any atom is 0.0646 e. The van der Waals surface area contributed by atoms with Crippen molar-refractivity contribution in [1.82, 2.24) is 0 Å². The quantitative estimate of drug-likeness (QED) is 0.521. The molecule has 1 nitrogen and oxygen atoms in total. The van der Waals surface area contributed by atoms with Gasteiger partial charge in [0.05, 0.1) is 6.61 Å². The summed E-state index contributed by atoms with van der Waals surface area (Å²) in [6.45, 7) is 11.8. The Morgan fingerprint density at radius 1 is 0.833 bits per heavy atom. The second-order valence-electron chi connectivity index (χ2n) is 5.38. The molecule has 0 aliphatic heterocycles. The van der Waals surface area contributed by atoms with Gasteiger partial charge in [-0.3, -0.25) is 0 Å². The summed E-state index contributed by atoms with van der Waals surface area (Å²) in [5, 5.41) is 0. The summed E-state index contributed by atoms with van der Waals surface area (Å²) in [5.74, 6) is 0. The minimum Gasteiger partial charge on any atom is -0.381 e. The van der Waals surface area contributed by atoms with Crippen LogP contribution in [0.2, 0.25) is 0 Å². The summed E-state index contributed by atoms with van der Waals surface area (Å²) in [5.41, 5.74) is 5.91. The van der Waals surface area contributed by atoms with Crippen molar-refractivity contribution in [2.75, 3.05) is 13.7 Å². The lowest BCUT2D eigenvalue weighted by atomic mass is 10.0. The molecule has 0 N–H and O–H groups in total. The Balaban J connectivity index is 3.95. The van der Waals surface area contributed by atoms with Crippen molar-refractivity contribution < 1.29 is 4.74 Å². The van der Waals surface area contributed by atoms with Crippen LogP contribution in [0.3, 0.4) is 0 Å². The molecule has 1 heteroatoms. The van der Waals surface area contributed by atoms with Crippen LogP contribution in [0.5, 0.6) is 0 Å². The smallest absolute Gasteiger partial charge is 0.0646 e. The summed E-state index contributed by atoms with van der Waals surface area (Å²) in [6, 6.07) is 0. The largest absolute Gasteiger partial charge is 0.381 e. The average molecular weight is 250 g/mol. The molecule has 0 unspecified atom stereocenters. The van der Waals surface area contributed by atoms with Crippen molar-refractivity contribution in [2.24, 2.45) is 0 Å². The summed E-state index contributed by atoms with van der Waals surface area (Å²) in [6.07, 6.45) is 9.22. The molecular formula is C17H30O. The number of ether oxygens (including phenoxy) is 1. The van der Waals surface area contributed by atoms with Gasteiger partial charge in [0.1, 0.15) is 0 Å². The Labute approximate surface area is 114 Å². The lowest BCUT2D eigenvalue weighted by Crippen LogP contribution is -1.86. The highest BCUT2D eigenvalue weighted by Crippen LogP contribution is 2.15. The minimum absolute atomic E-state index is 0.730. The zero-order valence-electron chi connectivity index (χ0n) is 13.1. The standard InChI is InChI=1S/C17H30O/c1-14(2)17(5)11-10-15(3)8-7-9-16(4)12-13-18-6/h8,12H,7,9-11,13H2,1-6H3. The van der Waals surface area contributed by atoms with E-state index >= 15 is 0 Å². The van der Waals surface area contributed by atoms with Crippen LogP contribution in [-0.4, -0.2) is 13.7 Å². The number of hydrogen-bond acceptors (Lipinski definition) is 1. The lowest BCUT2D eigenvalue weighted by molar-refractivity contribution is 0.233. The summed E-state index contributed by atoms with van der Waals surface area (Å²) in [7, 11) is 1.74. The molecule has 0 aromatic heterocycles. The van der Waals surface area contributed by atoms with Crippen LogP contribution in [0.15, 0.2) is 34.4 Å². The third-order valence-electron chi connectivity index (χ3n) is 3.38. The molecule has 0 saturated carbocycles. The van der Waals surface area contributed by atoms with E-state index in [2.05, 4.69) is 46.8 Å². The Morgan fingerprint density at radius 3 is 2.00 bits per heavy atom. The highest BCUT2D eigenvalue weighted by Gasteiger charge is 1.95. The second kappa shape index (κ2) is 10.1. The van der Waals surface area contributed by atoms with Gasteiger partial charge in [0.2, 0.25) is 0 Å². The monoisotopic (exact) mass is 250 g/mol. The van der Waals surface area contributed by atoms with E-state index in [1.165, 1.54) is 35.1 Å². The molecule has 0 atom stereocenters. The predicted molar refractivity (Wildman–Crippen MR) is 81.9 cm³/mol. The second-order valence-corrected chi connectivity index (χ2v) is 5.38. The first-order valence-electron chi connectivity index (χ1n) is 6.90. The SMILES string of the molecule is COCC=C(C)CCC=C(C)CCC(C)=C(C)C. The van der Waals surface area contributed by atoms with Gasteiger partial charge < -0.3 is 4.74 Å². The molecule has 0 saturated heterocycles. The summed E-state index contributed by atoms with van der Waals surface area (Å²) < 4.78 is 5.03. The van der Waals surface area contributed by atoms with E-state index in [-0.39, 0.29) is 0 Å². The Kier molecular flexibility index (Phi) is 9.67. The van der Waals surface area contributed by atoms with Crippen LogP contribution >= 0.6 is 0 Å². The van der Waals surface area contributed by atoms with Gasteiger partial charge in [-0.25, -0.2) is 0 Å². The van der Waals surface area contributed by atoms with Crippen molar-refractivity contribution >= 4 is 0 Å². The maximum absolute atomic E-state index is 5.03. The van der Waals surface area contributed by atoms with Gasteiger partial charge in [0.25, 0.3) is 0 Å². The normalized spacial score (nSPS) is 12.8. The van der Waals surface area contributed by atoms with Crippen LogP contribution in [0, 0.1) is 0 Å². The van der Waals surface area contributed by atoms with Gasteiger partial charge in [0.15, 0.2) is 0 Å². The highest BCUT2D eigenvalue weighted by atomic mass is 16.5. The Bertz CT molecular complexity index is 315. The maximum atomic E-state index is 5.03. The van der Waals surface area contributed by atoms with Crippen LogP contribution in [0.25, 0.3) is 0 Å². The topological polar surface area (TPSA) is 9.23 Å². The molecule has 0 aliphatic rings. The fourth-order valence-corrected chi connectivity index (χ4v) is 1.61. The van der Waals surface area contributed by atoms with Crippen molar-refractivity contribution in [3.05, 3.63) is 34.4 Å². The lowest BCUT2D eigenvalue weighted by Gasteiger charge is -2.05. The van der Waals surface area contributed by atoms with Gasteiger partial charge in [-0.05, 0) is 60.3 Å². The molecule has 0 spiro atoms. The van der Waals surface area contributed by atoms with Gasteiger partial charge >= 0.3 is 0 Å². The number of allylic oxidation sites excluding steroid dienone is 5. The zero-order valence-corrected chi connectivity index (χ0v) is 13.1. The van der Waals surface area contributed by atoms with Gasteiger partial charge in [-0.2, -0.15) is 0 Å². The van der Waals surface area contributed by atoms with Crippen molar-refractivity contribution in [2.45, 2.75) is 60.3 Å². The summed E-state index contributed by atoms with van der Waals surface area (Å²) >= 11 is 0. The van der Waals surface area contributed by atoms with Crippen molar-refractivity contribution in [1.29, 1.82) is 0 Å². The molecule has 0 radical (unpaired) electrons. The van der Waals surface area contributed by atoms with Crippen LogP contribution in [0.4, 0.5) is 0 Å². The minimum atomic E-state index is 0.730. The van der Waals surface area contributed by atoms with E-state index in [0.29, 0.717) is 0 Å². The molecule has 0 fully saturated rings. The average Bonchev–Trinajstić information content (AvgIpc) is 2.33. The number of hydrogen-bond donors (Lipinski definition) is 0. The number of rotatable bonds is 8. The zero-order chi connectivity index (χ0) is 14.0. The molecule has 0 amide bonds. The van der Waals surface area contributed by atoms with E-state index in [0.717, 1.165) is 19.4 Å². The van der Waals surface area contributed by atoms with E-state index in [9.17, 15) is 0 Å². The predicted octanol–water partition coefficient (Wildman–Crippen LogP) is 5.44. The highest BCUT2D eigenvalue weighted by molar-refractivity contribution is 5.10. The molecule has 0 aliphatic carbocycles. The Hall–Kier alpha value is -0.820. The van der Waals surface area contributed by atoms with Gasteiger partial charge in [-0.1, -0.05) is 34.4 Å². The number of methoxy groups -OCH3 is 1. The van der Waals surface area contributed by atoms with Crippen molar-refractivity contribution in [3.63, 3.8) is 0 Å². The molecule has 0 aromatic carbocycles. The molecule has 0 rings (SSSR count). The van der Waals surface area contributed by atoms with Crippen molar-refractivity contribution in [3.8, 4) is 0 Å². The first-order chi connectivity index (χ1) is 8.47. The third-order valence-corrected chi connectivity index (χ3v) is 3.38. The fraction of sp³-hybridized carbons (Fsp3) is 0.647. The van der Waals surface area contributed by atoms with Crippen LogP contribution in [0.1, 0.15) is 60.3 Å². The van der Waals surface area contributed by atoms with E-state index < -0.39 is 0 Å². The molecule has 0 heterocycles. The molecule has 104 valence electrons. The summed E-state index contributed by atoms with van der Waals surface area (Å²) in [4.78, 5) is 0. The molecular weight excluding hydrogens is 220 g/mol. The molecule has 0 aromatic rings. The Morgan fingerprint density at radius 2 is 1.44 bits per heavy atom. The first kappa shape index (κ1) is 17.2. The van der Waals surface area contributed by atoms with E-state index in [1.807, 2.05) is 0 Å².